The SMILES string of the molecule is CC(=O)NCCSC1=C(C(=O)OCc2ccc([N+](=O)[O-])cc2)N2C(=O)C(=C(C)CO)C2C1. The summed E-state index contributed by atoms with van der Waals surface area (Å²) in [4.78, 5) is 49.0. The van der Waals surface area contributed by atoms with Crippen LogP contribution in [0.3, 0.4) is 0 Å². The van der Waals surface area contributed by atoms with Gasteiger partial charge >= 0.3 is 5.97 Å². The zero-order valence-electron chi connectivity index (χ0n) is 17.6. The molecular weight excluding hydrogens is 438 g/mol. The molecule has 0 radical (unpaired) electrons. The number of nitro benzene ring substituents is 1. The van der Waals surface area contributed by atoms with E-state index in [9.17, 15) is 29.6 Å². The van der Waals surface area contributed by atoms with Gasteiger partial charge in [-0.3, -0.25) is 24.6 Å². The van der Waals surface area contributed by atoms with Crippen LogP contribution in [0.4, 0.5) is 5.69 Å². The van der Waals surface area contributed by atoms with Crippen LogP contribution in [0, 0.1) is 10.1 Å². The number of nitro groups is 1. The van der Waals surface area contributed by atoms with Crippen LogP contribution in [-0.4, -0.2) is 57.7 Å². The number of rotatable bonds is 9. The number of hydrogen-bond donors (Lipinski definition) is 2. The molecule has 10 nitrogen and oxygen atoms in total. The number of amides is 2. The fourth-order valence-corrected chi connectivity index (χ4v) is 4.60. The highest BCUT2D eigenvalue weighted by Gasteiger charge is 2.52. The Hall–Kier alpha value is -3.18. The Bertz CT molecular complexity index is 1020. The summed E-state index contributed by atoms with van der Waals surface area (Å²) in [6.07, 6.45) is 0.436. The molecule has 1 aromatic carbocycles. The molecule has 11 heteroatoms. The number of benzene rings is 1. The minimum absolute atomic E-state index is 0.0657. The van der Waals surface area contributed by atoms with E-state index in [1.807, 2.05) is 0 Å². The van der Waals surface area contributed by atoms with E-state index < -0.39 is 10.9 Å². The van der Waals surface area contributed by atoms with Crippen LogP contribution in [0.25, 0.3) is 0 Å². The van der Waals surface area contributed by atoms with Gasteiger partial charge in [0, 0.05) is 48.3 Å². The molecule has 1 unspecified atom stereocenters. The highest BCUT2D eigenvalue weighted by molar-refractivity contribution is 8.03. The number of β-lactam (4-membered cyclic amide) rings is 1. The van der Waals surface area contributed by atoms with Crippen LogP contribution in [0.5, 0.6) is 0 Å². The van der Waals surface area contributed by atoms with Gasteiger partial charge in [-0.25, -0.2) is 4.79 Å². The van der Waals surface area contributed by atoms with E-state index in [-0.39, 0.29) is 42.5 Å². The van der Waals surface area contributed by atoms with E-state index in [1.54, 1.807) is 6.92 Å². The van der Waals surface area contributed by atoms with E-state index in [4.69, 9.17) is 4.74 Å². The number of nitrogens with one attached hydrogen (secondary N) is 1. The van der Waals surface area contributed by atoms with Crippen molar-refractivity contribution in [3.05, 3.63) is 61.7 Å². The van der Waals surface area contributed by atoms with Crippen molar-refractivity contribution in [1.82, 2.24) is 10.2 Å². The molecule has 32 heavy (non-hydrogen) atoms. The third-order valence-corrected chi connectivity index (χ3v) is 6.25. The van der Waals surface area contributed by atoms with Gasteiger partial charge in [0.15, 0.2) is 0 Å². The number of thioether (sulfide) groups is 1. The first kappa shape index (κ1) is 23.5. The Kier molecular flexibility index (Phi) is 7.31. The van der Waals surface area contributed by atoms with Gasteiger partial charge in [-0.05, 0) is 30.2 Å². The van der Waals surface area contributed by atoms with Crippen LogP contribution in [0.2, 0.25) is 0 Å². The average molecular weight is 461 g/mol. The molecule has 0 saturated carbocycles. The van der Waals surface area contributed by atoms with Crippen molar-refractivity contribution in [1.29, 1.82) is 0 Å². The van der Waals surface area contributed by atoms with Crippen LogP contribution in [0.15, 0.2) is 46.0 Å². The molecular formula is C21H23N3O7S. The van der Waals surface area contributed by atoms with Crippen molar-refractivity contribution in [2.45, 2.75) is 32.9 Å². The minimum atomic E-state index is -0.665. The van der Waals surface area contributed by atoms with Gasteiger partial charge in [-0.1, -0.05) is 0 Å². The second-order valence-electron chi connectivity index (χ2n) is 7.35. The topological polar surface area (TPSA) is 139 Å². The monoisotopic (exact) mass is 461 g/mol. The summed E-state index contributed by atoms with van der Waals surface area (Å²) in [7, 11) is 0. The first-order valence-corrected chi connectivity index (χ1v) is 10.9. The first-order chi connectivity index (χ1) is 15.2. The zero-order valence-corrected chi connectivity index (χ0v) is 18.4. The third kappa shape index (κ3) is 4.83. The highest BCUT2D eigenvalue weighted by atomic mass is 32.2. The molecule has 2 heterocycles. The molecule has 1 saturated heterocycles. The van der Waals surface area contributed by atoms with Crippen molar-refractivity contribution >= 4 is 35.2 Å². The Balaban J connectivity index is 1.74. The van der Waals surface area contributed by atoms with E-state index in [0.29, 0.717) is 40.3 Å². The molecule has 1 fully saturated rings. The maximum atomic E-state index is 12.9. The lowest BCUT2D eigenvalue weighted by Crippen LogP contribution is -2.53. The summed E-state index contributed by atoms with van der Waals surface area (Å²) >= 11 is 1.37. The standard InChI is InChI=1S/C21H23N3O7S/c1-12(10-25)18-16-9-17(32-8-7-22-13(2)26)19(23(16)20(18)27)21(28)31-11-14-3-5-15(6-4-14)24(29)30/h3-6,16,25H,7-11H2,1-2H3,(H,22,26). The number of fused-ring (bicyclic) bond motifs is 1. The summed E-state index contributed by atoms with van der Waals surface area (Å²) in [6, 6.07) is 5.33. The van der Waals surface area contributed by atoms with Gasteiger partial charge in [0.2, 0.25) is 5.91 Å². The maximum Gasteiger partial charge on any atom is 0.356 e. The number of ether oxygens (including phenoxy) is 1. The molecule has 0 bridgehead atoms. The average Bonchev–Trinajstić information content (AvgIpc) is 3.09. The number of carbonyl (C=O) groups excluding carboxylic acids is 3. The Morgan fingerprint density at radius 2 is 2.00 bits per heavy atom. The highest BCUT2D eigenvalue weighted by Crippen LogP contribution is 2.46. The molecule has 2 N–H and O–H groups in total. The summed E-state index contributed by atoms with van der Waals surface area (Å²) in [6.45, 7) is 3.16. The number of non-ortho nitro benzene ring substituents is 1. The van der Waals surface area contributed by atoms with E-state index >= 15 is 0 Å². The molecule has 0 aromatic heterocycles. The molecule has 2 aliphatic rings. The number of nitrogens with zero attached hydrogens (tertiary/aromatic N) is 2. The molecule has 170 valence electrons. The minimum Gasteiger partial charge on any atom is -0.456 e. The normalized spacial score (nSPS) is 18.8. The maximum absolute atomic E-state index is 12.9. The number of carbonyl (C=O) groups is 3. The van der Waals surface area contributed by atoms with Gasteiger partial charge in [0.1, 0.15) is 12.3 Å². The fraction of sp³-hybridized carbons (Fsp3) is 0.381. The second-order valence-corrected chi connectivity index (χ2v) is 8.54. The van der Waals surface area contributed by atoms with Crippen molar-refractivity contribution in [3.8, 4) is 0 Å². The van der Waals surface area contributed by atoms with Gasteiger partial charge in [-0.15, -0.1) is 11.8 Å². The van der Waals surface area contributed by atoms with Crippen molar-refractivity contribution in [2.75, 3.05) is 18.9 Å². The lowest BCUT2D eigenvalue weighted by molar-refractivity contribution is -0.384. The molecule has 1 atom stereocenters. The van der Waals surface area contributed by atoms with Crippen LogP contribution < -0.4 is 5.32 Å². The number of esters is 1. The third-order valence-electron chi connectivity index (χ3n) is 5.14. The van der Waals surface area contributed by atoms with E-state index in [1.165, 1.54) is 47.9 Å². The van der Waals surface area contributed by atoms with Gasteiger partial charge < -0.3 is 15.2 Å². The Labute approximate surface area is 188 Å². The largest absolute Gasteiger partial charge is 0.456 e. The molecule has 3 rings (SSSR count). The van der Waals surface area contributed by atoms with Crippen molar-refractivity contribution < 1.29 is 29.2 Å². The lowest BCUT2D eigenvalue weighted by Gasteiger charge is -2.39. The Morgan fingerprint density at radius 3 is 2.59 bits per heavy atom. The van der Waals surface area contributed by atoms with Crippen molar-refractivity contribution in [2.24, 2.45) is 0 Å². The number of hydrogen-bond acceptors (Lipinski definition) is 8. The van der Waals surface area contributed by atoms with E-state index in [2.05, 4.69) is 5.32 Å². The number of aliphatic hydroxyl groups is 1. The molecule has 1 aromatic rings. The number of aliphatic hydroxyl groups excluding tert-OH is 1. The summed E-state index contributed by atoms with van der Waals surface area (Å²) in [5.41, 5.74) is 1.75. The van der Waals surface area contributed by atoms with Gasteiger partial charge in [-0.2, -0.15) is 0 Å². The quantitative estimate of drug-likeness (QED) is 0.141. The van der Waals surface area contributed by atoms with Crippen LogP contribution in [0.1, 0.15) is 25.8 Å². The molecule has 2 amide bonds. The smallest absolute Gasteiger partial charge is 0.356 e. The fourth-order valence-electron chi connectivity index (χ4n) is 3.56. The second kappa shape index (κ2) is 9.96. The van der Waals surface area contributed by atoms with Crippen LogP contribution in [-0.2, 0) is 25.7 Å². The van der Waals surface area contributed by atoms with Gasteiger partial charge in [0.05, 0.1) is 17.6 Å². The molecule has 2 aliphatic heterocycles. The van der Waals surface area contributed by atoms with Crippen molar-refractivity contribution in [3.63, 3.8) is 0 Å². The summed E-state index contributed by atoms with van der Waals surface area (Å²) in [5.74, 6) is -0.638. The summed E-state index contributed by atoms with van der Waals surface area (Å²) in [5, 5.41) is 22.9. The zero-order chi connectivity index (χ0) is 23.4. The predicted molar refractivity (Wildman–Crippen MR) is 116 cm³/mol. The lowest BCUT2D eigenvalue weighted by atomic mass is 9.90. The molecule has 0 spiro atoms. The Morgan fingerprint density at radius 1 is 1.31 bits per heavy atom. The summed E-state index contributed by atoms with van der Waals surface area (Å²) < 4.78 is 5.40. The predicted octanol–water partition coefficient (Wildman–Crippen LogP) is 1.64. The van der Waals surface area contributed by atoms with Gasteiger partial charge in [0.25, 0.3) is 11.6 Å². The molecule has 0 aliphatic carbocycles. The first-order valence-electron chi connectivity index (χ1n) is 9.89. The van der Waals surface area contributed by atoms with E-state index in [0.717, 1.165) is 0 Å². The van der Waals surface area contributed by atoms with Crippen LogP contribution >= 0.6 is 11.8 Å².